The number of nitrogens with one attached hydrogen (secondary N) is 2. The first-order valence-corrected chi connectivity index (χ1v) is 11.4. The molecule has 5 rings (SSSR count). The van der Waals surface area contributed by atoms with Crippen LogP contribution in [0.5, 0.6) is 0 Å². The highest BCUT2D eigenvalue weighted by Gasteiger charge is 2.27. The van der Waals surface area contributed by atoms with Gasteiger partial charge in [-0.05, 0) is 24.4 Å². The van der Waals surface area contributed by atoms with Crippen molar-refractivity contribution in [2.45, 2.75) is 4.90 Å². The van der Waals surface area contributed by atoms with E-state index in [0.717, 1.165) is 24.3 Å². The first-order valence-electron chi connectivity index (χ1n) is 9.48. The van der Waals surface area contributed by atoms with Crippen LogP contribution in [0.2, 0.25) is 0 Å². The Morgan fingerprint density at radius 3 is 2.44 bits per heavy atom. The van der Waals surface area contributed by atoms with Crippen LogP contribution in [0, 0.1) is 14.9 Å². The van der Waals surface area contributed by atoms with Crippen LogP contribution < -0.4 is 15.9 Å². The van der Waals surface area contributed by atoms with Gasteiger partial charge in [0, 0.05) is 22.9 Å². The zero-order valence-corrected chi connectivity index (χ0v) is 18.4. The summed E-state index contributed by atoms with van der Waals surface area (Å²) in [6, 6.07) is 10.7. The average molecular weight is 496 g/mol. The van der Waals surface area contributed by atoms with Crippen molar-refractivity contribution in [3.8, 4) is 11.5 Å². The van der Waals surface area contributed by atoms with Crippen molar-refractivity contribution in [2.24, 2.45) is 0 Å². The fraction of sp³-hybridized carbons (Fsp3) is 0. The second kappa shape index (κ2) is 7.57. The largest absolute Gasteiger partial charge is 0.432 e. The number of nitrogens with two attached hydrogens (primary N) is 1. The number of fused-ring (bicyclic) bond motifs is 4. The van der Waals surface area contributed by atoms with Crippen LogP contribution in [0.25, 0.3) is 33.5 Å². The lowest BCUT2D eigenvalue weighted by atomic mass is 10.0. The molecule has 0 bridgehead atoms. The second-order valence-corrected chi connectivity index (χ2v) is 9.18. The smallest absolute Gasteiger partial charge is 0.269 e. The summed E-state index contributed by atoms with van der Waals surface area (Å²) in [4.78, 5) is 34.4. The van der Waals surface area contributed by atoms with Crippen LogP contribution in [0.15, 0.2) is 62.6 Å². The molecule has 4 N–H and O–H groups in total. The van der Waals surface area contributed by atoms with Gasteiger partial charge in [-0.15, -0.1) is 0 Å². The van der Waals surface area contributed by atoms with E-state index in [1.54, 1.807) is 18.2 Å². The predicted molar refractivity (Wildman–Crippen MR) is 126 cm³/mol. The van der Waals surface area contributed by atoms with Crippen LogP contribution in [0.4, 0.5) is 17.2 Å². The van der Waals surface area contributed by atoms with Gasteiger partial charge in [-0.3, -0.25) is 19.6 Å². The lowest BCUT2D eigenvalue weighted by molar-refractivity contribution is -0.384. The molecule has 0 amide bonds. The number of H-pyrrole nitrogens is 1. The third kappa shape index (κ3) is 3.41. The second-order valence-electron chi connectivity index (χ2n) is 7.11. The topological polar surface area (TPSA) is 187 Å². The summed E-state index contributed by atoms with van der Waals surface area (Å²) in [7, 11) is -4.34. The number of sulfonamides is 1. The zero-order chi connectivity index (χ0) is 24.2. The van der Waals surface area contributed by atoms with Crippen molar-refractivity contribution in [2.75, 3.05) is 10.5 Å². The maximum Gasteiger partial charge on any atom is 0.269 e. The number of anilines is 2. The Bertz CT molecular complexity index is 1830. The number of non-ortho nitro benzene ring substituents is 1. The summed E-state index contributed by atoms with van der Waals surface area (Å²) < 4.78 is 34.1. The Morgan fingerprint density at radius 1 is 1.09 bits per heavy atom. The Labute approximate surface area is 194 Å². The Kier molecular flexibility index (Phi) is 4.77. The van der Waals surface area contributed by atoms with Gasteiger partial charge >= 0.3 is 0 Å². The SMILES string of the molecule is Nc1[nH]c(=S)nc2oc3c(NS(=O)(=O)c4ccc([N+](=O)[O-])cc4)c(=O)c4ccccc4c-3nc12. The highest BCUT2D eigenvalue weighted by atomic mass is 32.2. The molecule has 0 atom stereocenters. The normalized spacial score (nSPS) is 11.8. The van der Waals surface area contributed by atoms with Gasteiger partial charge in [0.25, 0.3) is 21.4 Å². The van der Waals surface area contributed by atoms with E-state index >= 15 is 0 Å². The summed E-state index contributed by atoms with van der Waals surface area (Å²) in [6.45, 7) is 0. The minimum absolute atomic E-state index is 0.00560. The molecule has 0 spiro atoms. The van der Waals surface area contributed by atoms with E-state index in [-0.39, 0.29) is 49.2 Å². The molecule has 34 heavy (non-hydrogen) atoms. The van der Waals surface area contributed by atoms with Gasteiger partial charge in [0.05, 0.1) is 9.82 Å². The molecule has 1 aliphatic carbocycles. The Morgan fingerprint density at radius 2 is 1.76 bits per heavy atom. The lowest BCUT2D eigenvalue weighted by Crippen LogP contribution is -2.21. The summed E-state index contributed by atoms with van der Waals surface area (Å²) in [6.07, 6.45) is 0. The molecule has 3 aromatic rings. The molecule has 2 aromatic carbocycles. The fourth-order valence-electron chi connectivity index (χ4n) is 3.46. The number of hydrogen-bond donors (Lipinski definition) is 3. The van der Waals surface area contributed by atoms with E-state index < -0.39 is 26.1 Å². The lowest BCUT2D eigenvalue weighted by Gasteiger charge is -2.15. The predicted octanol–water partition coefficient (Wildman–Crippen LogP) is 3.19. The first-order chi connectivity index (χ1) is 16.2. The van der Waals surface area contributed by atoms with Crippen LogP contribution >= 0.6 is 12.2 Å². The van der Waals surface area contributed by atoms with E-state index in [0.29, 0.717) is 5.39 Å². The summed E-state index contributed by atoms with van der Waals surface area (Å²) in [5.41, 5.74) is 4.84. The molecule has 170 valence electrons. The summed E-state index contributed by atoms with van der Waals surface area (Å²) in [5.74, 6) is -0.0851. The molecular formula is C20H12N6O6S2. The van der Waals surface area contributed by atoms with Crippen LogP contribution in [-0.4, -0.2) is 28.3 Å². The molecular weight excluding hydrogens is 484 g/mol. The minimum Gasteiger partial charge on any atom is -0.432 e. The van der Waals surface area contributed by atoms with Crippen molar-refractivity contribution in [3.05, 3.63) is 73.6 Å². The maximum absolute atomic E-state index is 13.3. The van der Waals surface area contributed by atoms with Crippen LogP contribution in [-0.2, 0) is 10.0 Å². The number of rotatable bonds is 4. The third-order valence-electron chi connectivity index (χ3n) is 5.02. The average Bonchev–Trinajstić information content (AvgIpc) is 2.81. The minimum atomic E-state index is -4.34. The van der Waals surface area contributed by atoms with E-state index in [9.17, 15) is 23.3 Å². The van der Waals surface area contributed by atoms with Crippen molar-refractivity contribution in [1.29, 1.82) is 0 Å². The molecule has 1 aliphatic heterocycles. The summed E-state index contributed by atoms with van der Waals surface area (Å²) >= 11 is 5.01. The van der Waals surface area contributed by atoms with E-state index in [2.05, 4.69) is 19.7 Å². The molecule has 1 aromatic heterocycles. The van der Waals surface area contributed by atoms with Gasteiger partial charge in [-0.2, -0.15) is 4.98 Å². The molecule has 0 saturated heterocycles. The van der Waals surface area contributed by atoms with Crippen molar-refractivity contribution < 1.29 is 17.8 Å². The molecule has 0 radical (unpaired) electrons. The summed E-state index contributed by atoms with van der Waals surface area (Å²) in [5, 5.41) is 11.5. The van der Waals surface area contributed by atoms with Crippen molar-refractivity contribution >= 4 is 61.4 Å². The number of nitro groups is 1. The maximum atomic E-state index is 13.3. The fourth-order valence-corrected chi connectivity index (χ4v) is 4.72. The van der Waals surface area contributed by atoms with Gasteiger partial charge in [0.1, 0.15) is 17.2 Å². The third-order valence-corrected chi connectivity index (χ3v) is 6.57. The van der Waals surface area contributed by atoms with E-state index in [4.69, 9.17) is 22.4 Å². The van der Waals surface area contributed by atoms with E-state index in [1.807, 2.05) is 0 Å². The number of nitro benzene ring substituents is 1. The highest BCUT2D eigenvalue weighted by Crippen LogP contribution is 2.36. The van der Waals surface area contributed by atoms with Gasteiger partial charge in [0.2, 0.25) is 10.2 Å². The number of nitrogen functional groups attached to an aromatic ring is 1. The number of benzene rings is 3. The molecule has 12 nitrogen and oxygen atoms in total. The van der Waals surface area contributed by atoms with Crippen LogP contribution in [0.1, 0.15) is 0 Å². The number of aromatic amines is 1. The molecule has 14 heteroatoms. The zero-order valence-electron chi connectivity index (χ0n) is 16.8. The molecule has 0 unspecified atom stereocenters. The quantitative estimate of drug-likeness (QED) is 0.110. The number of nitrogens with zero attached hydrogens (tertiary/aromatic N) is 3. The van der Waals surface area contributed by atoms with Gasteiger partial charge in [-0.25, -0.2) is 13.4 Å². The molecule has 0 saturated carbocycles. The molecule has 2 aliphatic rings. The van der Waals surface area contributed by atoms with Gasteiger partial charge in [-0.1, -0.05) is 24.3 Å². The van der Waals surface area contributed by atoms with Crippen molar-refractivity contribution in [1.82, 2.24) is 15.0 Å². The van der Waals surface area contributed by atoms with Gasteiger partial charge < -0.3 is 15.1 Å². The van der Waals surface area contributed by atoms with Crippen LogP contribution in [0.3, 0.4) is 0 Å². The van der Waals surface area contributed by atoms with Crippen molar-refractivity contribution in [3.63, 3.8) is 0 Å². The monoisotopic (exact) mass is 496 g/mol. The van der Waals surface area contributed by atoms with E-state index in [1.165, 1.54) is 6.07 Å². The number of hydrogen-bond acceptors (Lipinski definition) is 10. The standard InChI is InChI=1S/C20H12N6O6S2/c21-18-15-19(24-20(33)23-18)32-17-13(22-15)11-3-1-2-4-12(11)16(27)14(17)25-34(30,31)10-7-5-9(6-8-10)26(28)29/h1-8,25H,(H3,21,23,24,33). The molecule has 2 heterocycles. The highest BCUT2D eigenvalue weighted by molar-refractivity contribution is 7.92. The Hall–Kier alpha value is -4.43. The first kappa shape index (κ1) is 21.4. The molecule has 0 fully saturated rings. The Balaban J connectivity index is 1.79. The van der Waals surface area contributed by atoms with Gasteiger partial charge in [0.15, 0.2) is 11.3 Å². The number of aromatic nitrogens is 3.